The normalized spacial score (nSPS) is 11.2. The first-order chi connectivity index (χ1) is 11.3. The quantitative estimate of drug-likeness (QED) is 0.761. The maximum atomic E-state index is 12.8. The summed E-state index contributed by atoms with van der Waals surface area (Å²) in [6, 6.07) is 11.3. The minimum atomic E-state index is -3.76. The number of methoxy groups -OCH3 is 1. The molecule has 0 bridgehead atoms. The highest BCUT2D eigenvalue weighted by atomic mass is 35.5. The van der Waals surface area contributed by atoms with E-state index in [1.165, 1.54) is 26.3 Å². The fourth-order valence-corrected chi connectivity index (χ4v) is 3.56. The van der Waals surface area contributed by atoms with Crippen LogP contribution in [0, 0.1) is 6.92 Å². The van der Waals surface area contributed by atoms with Gasteiger partial charge in [0.05, 0.1) is 24.1 Å². The minimum absolute atomic E-state index is 0.0138. The Morgan fingerprint density at radius 3 is 2.54 bits per heavy atom. The number of carbonyl (C=O) groups is 1. The van der Waals surface area contributed by atoms with E-state index in [1.54, 1.807) is 30.3 Å². The van der Waals surface area contributed by atoms with E-state index in [-0.39, 0.29) is 11.3 Å². The molecule has 0 N–H and O–H groups in total. The topological polar surface area (TPSA) is 63.7 Å². The summed E-state index contributed by atoms with van der Waals surface area (Å²) < 4.78 is 31.4. The van der Waals surface area contributed by atoms with Gasteiger partial charge in [-0.3, -0.25) is 9.10 Å². The molecule has 2 aromatic carbocycles. The molecule has 0 aliphatic carbocycles. The van der Waals surface area contributed by atoms with Crippen LogP contribution in [0.2, 0.25) is 5.02 Å². The van der Waals surface area contributed by atoms with E-state index in [0.29, 0.717) is 16.3 Å². The molecule has 0 amide bonds. The maximum absolute atomic E-state index is 12.8. The van der Waals surface area contributed by atoms with Crippen molar-refractivity contribution in [1.82, 2.24) is 0 Å². The van der Waals surface area contributed by atoms with Crippen LogP contribution in [0.25, 0.3) is 0 Å². The average molecular weight is 368 g/mol. The summed E-state index contributed by atoms with van der Waals surface area (Å²) in [5.74, 6) is -0.428. The van der Waals surface area contributed by atoms with Gasteiger partial charge in [-0.25, -0.2) is 8.42 Å². The van der Waals surface area contributed by atoms with E-state index >= 15 is 0 Å². The van der Waals surface area contributed by atoms with Crippen LogP contribution in [0.5, 0.6) is 0 Å². The Morgan fingerprint density at radius 2 is 1.92 bits per heavy atom. The largest absolute Gasteiger partial charge is 0.469 e. The molecule has 0 aromatic heterocycles. The number of aryl methyl sites for hydroxylation is 1. The lowest BCUT2D eigenvalue weighted by atomic mass is 10.1. The highest BCUT2D eigenvalue weighted by molar-refractivity contribution is 7.92. The lowest BCUT2D eigenvalue weighted by Gasteiger charge is -2.20. The maximum Gasteiger partial charge on any atom is 0.309 e. The van der Waals surface area contributed by atoms with Crippen molar-refractivity contribution in [2.45, 2.75) is 18.2 Å². The van der Waals surface area contributed by atoms with Gasteiger partial charge in [-0.2, -0.15) is 0 Å². The first-order valence-electron chi connectivity index (χ1n) is 7.16. The monoisotopic (exact) mass is 367 g/mol. The van der Waals surface area contributed by atoms with Gasteiger partial charge in [0, 0.05) is 12.1 Å². The second-order valence-corrected chi connectivity index (χ2v) is 7.68. The van der Waals surface area contributed by atoms with Gasteiger partial charge in [0.1, 0.15) is 0 Å². The molecule has 0 fully saturated rings. The van der Waals surface area contributed by atoms with E-state index in [9.17, 15) is 13.2 Å². The fraction of sp³-hybridized carbons (Fsp3) is 0.235. The lowest BCUT2D eigenvalue weighted by molar-refractivity contribution is -0.139. The first-order valence-corrected chi connectivity index (χ1v) is 8.98. The first kappa shape index (κ1) is 18.3. The Labute approximate surface area is 146 Å². The molecule has 0 aliphatic heterocycles. The predicted molar refractivity (Wildman–Crippen MR) is 93.9 cm³/mol. The summed E-state index contributed by atoms with van der Waals surface area (Å²) in [6.45, 7) is 1.84. The third-order valence-corrected chi connectivity index (χ3v) is 5.84. The summed E-state index contributed by atoms with van der Waals surface area (Å²) in [5.41, 5.74) is 1.90. The number of nitrogens with zero attached hydrogens (tertiary/aromatic N) is 1. The van der Waals surface area contributed by atoms with Crippen molar-refractivity contribution < 1.29 is 17.9 Å². The van der Waals surface area contributed by atoms with E-state index in [1.807, 2.05) is 6.92 Å². The van der Waals surface area contributed by atoms with Crippen molar-refractivity contribution in [3.63, 3.8) is 0 Å². The molecule has 5 nitrogen and oxygen atoms in total. The smallest absolute Gasteiger partial charge is 0.309 e. The molecular formula is C17H18ClNO4S. The lowest BCUT2D eigenvalue weighted by Crippen LogP contribution is -2.26. The van der Waals surface area contributed by atoms with Crippen molar-refractivity contribution >= 4 is 33.3 Å². The van der Waals surface area contributed by atoms with Gasteiger partial charge in [0.15, 0.2) is 0 Å². The van der Waals surface area contributed by atoms with Crippen LogP contribution in [-0.2, 0) is 26.0 Å². The van der Waals surface area contributed by atoms with Crippen LogP contribution in [0.15, 0.2) is 47.4 Å². The minimum Gasteiger partial charge on any atom is -0.469 e. The van der Waals surface area contributed by atoms with Crippen molar-refractivity contribution in [1.29, 1.82) is 0 Å². The molecule has 0 spiro atoms. The summed E-state index contributed by atoms with van der Waals surface area (Å²) in [4.78, 5) is 11.5. The van der Waals surface area contributed by atoms with E-state index in [4.69, 9.17) is 11.6 Å². The number of benzene rings is 2. The van der Waals surface area contributed by atoms with Crippen LogP contribution < -0.4 is 4.31 Å². The summed E-state index contributed by atoms with van der Waals surface area (Å²) in [7, 11) is -1.01. The van der Waals surface area contributed by atoms with E-state index in [0.717, 1.165) is 9.87 Å². The molecule has 0 aliphatic rings. The fourth-order valence-electron chi connectivity index (χ4n) is 2.13. The summed E-state index contributed by atoms with van der Waals surface area (Å²) >= 11 is 6.08. The number of halogens is 1. The Bertz CT molecular complexity index is 865. The Kier molecular flexibility index (Phi) is 5.51. The van der Waals surface area contributed by atoms with Crippen LogP contribution >= 0.6 is 11.6 Å². The van der Waals surface area contributed by atoms with Gasteiger partial charge in [-0.05, 0) is 42.3 Å². The standard InChI is InChI=1S/C17H18ClNO4S/c1-12-7-8-14(11-16(12)18)19(2)24(21,22)15-6-4-5-13(9-15)10-17(20)23-3/h4-9,11H,10H2,1-3H3. The average Bonchev–Trinajstić information content (AvgIpc) is 2.56. The van der Waals surface area contributed by atoms with Gasteiger partial charge in [0.25, 0.3) is 10.0 Å². The second-order valence-electron chi connectivity index (χ2n) is 5.31. The highest BCUT2D eigenvalue weighted by Gasteiger charge is 2.22. The highest BCUT2D eigenvalue weighted by Crippen LogP contribution is 2.27. The summed E-state index contributed by atoms with van der Waals surface area (Å²) in [5, 5.41) is 0.494. The molecule has 2 aromatic rings. The van der Waals surface area contributed by atoms with Crippen LogP contribution in [0.4, 0.5) is 5.69 Å². The molecule has 0 saturated carbocycles. The number of hydrogen-bond donors (Lipinski definition) is 0. The molecule has 0 saturated heterocycles. The van der Waals surface area contributed by atoms with Gasteiger partial charge >= 0.3 is 5.97 Å². The third kappa shape index (κ3) is 3.88. The molecular weight excluding hydrogens is 350 g/mol. The predicted octanol–water partition coefficient (Wildman–Crippen LogP) is 3.19. The molecule has 128 valence electrons. The van der Waals surface area contributed by atoms with Gasteiger partial charge < -0.3 is 4.74 Å². The zero-order valence-corrected chi connectivity index (χ0v) is 15.2. The van der Waals surface area contributed by atoms with E-state index in [2.05, 4.69) is 4.74 Å². The Hall–Kier alpha value is -2.05. The van der Waals surface area contributed by atoms with Crippen molar-refractivity contribution in [3.05, 3.63) is 58.6 Å². The molecule has 2 rings (SSSR count). The Morgan fingerprint density at radius 1 is 1.21 bits per heavy atom. The number of carbonyl (C=O) groups excluding carboxylic acids is 1. The SMILES string of the molecule is COC(=O)Cc1cccc(S(=O)(=O)N(C)c2ccc(C)c(Cl)c2)c1. The number of esters is 1. The van der Waals surface area contributed by atoms with Gasteiger partial charge in [-0.1, -0.05) is 29.8 Å². The Balaban J connectivity index is 2.37. The van der Waals surface area contributed by atoms with Gasteiger partial charge in [-0.15, -0.1) is 0 Å². The summed E-state index contributed by atoms with van der Waals surface area (Å²) in [6.07, 6.45) is 0.0138. The number of hydrogen-bond acceptors (Lipinski definition) is 4. The third-order valence-electron chi connectivity index (χ3n) is 3.65. The number of anilines is 1. The van der Waals surface area contributed by atoms with E-state index < -0.39 is 16.0 Å². The van der Waals surface area contributed by atoms with Crippen molar-refractivity contribution in [2.75, 3.05) is 18.5 Å². The molecule has 0 atom stereocenters. The molecule has 24 heavy (non-hydrogen) atoms. The van der Waals surface area contributed by atoms with Crippen LogP contribution in [-0.4, -0.2) is 28.5 Å². The molecule has 0 radical (unpaired) electrons. The number of ether oxygens (including phenoxy) is 1. The zero-order chi connectivity index (χ0) is 17.9. The second kappa shape index (κ2) is 7.23. The number of sulfonamides is 1. The molecule has 0 heterocycles. The van der Waals surface area contributed by atoms with Gasteiger partial charge in [0.2, 0.25) is 0 Å². The van der Waals surface area contributed by atoms with Crippen LogP contribution in [0.3, 0.4) is 0 Å². The zero-order valence-electron chi connectivity index (χ0n) is 13.6. The molecule has 7 heteroatoms. The van der Waals surface area contributed by atoms with Crippen molar-refractivity contribution in [2.24, 2.45) is 0 Å². The van der Waals surface area contributed by atoms with Crippen molar-refractivity contribution in [3.8, 4) is 0 Å². The molecule has 0 unspecified atom stereocenters. The van der Waals surface area contributed by atoms with Crippen LogP contribution in [0.1, 0.15) is 11.1 Å². The number of rotatable bonds is 5.